The number of methoxy groups -OCH3 is 1. The first-order valence-corrected chi connectivity index (χ1v) is 14.0. The molecule has 1 aliphatic heterocycles. The zero-order valence-electron chi connectivity index (χ0n) is 22.6. The van der Waals surface area contributed by atoms with Crippen LogP contribution < -0.4 is 19.7 Å². The van der Waals surface area contributed by atoms with Crippen LogP contribution in [0.2, 0.25) is 0 Å². The molecule has 2 aromatic carbocycles. The average Bonchev–Trinajstić information content (AvgIpc) is 3.67. The number of aromatic nitrogens is 2. The molecular weight excluding hydrogens is 504 g/mol. The Balaban J connectivity index is 1.41. The number of rotatable bonds is 7. The van der Waals surface area contributed by atoms with E-state index in [-0.39, 0.29) is 12.1 Å². The minimum atomic E-state index is -0.104. The lowest BCUT2D eigenvalue weighted by molar-refractivity contribution is 0.210. The van der Waals surface area contributed by atoms with Crippen LogP contribution in [0.4, 0.5) is 5.69 Å². The zero-order valence-corrected chi connectivity index (χ0v) is 23.4. The molecule has 1 N–H and O–H groups in total. The second-order valence-electron chi connectivity index (χ2n) is 10.4. The van der Waals surface area contributed by atoms with E-state index in [4.69, 9.17) is 26.7 Å². The third-order valence-corrected chi connectivity index (χ3v) is 8.23. The van der Waals surface area contributed by atoms with E-state index in [1.807, 2.05) is 30.5 Å². The highest BCUT2D eigenvalue weighted by atomic mass is 32.1. The van der Waals surface area contributed by atoms with Crippen molar-refractivity contribution in [2.75, 3.05) is 12.0 Å². The Morgan fingerprint density at radius 1 is 0.897 bits per heavy atom. The molecule has 0 amide bonds. The molecule has 0 bridgehead atoms. The summed E-state index contributed by atoms with van der Waals surface area (Å²) < 4.78 is 14.0. The molecule has 4 aromatic rings. The molecule has 200 valence electrons. The number of hydrogen-bond donors (Lipinski definition) is 1. The number of benzene rings is 2. The minimum absolute atomic E-state index is 0.0837. The lowest BCUT2D eigenvalue weighted by Crippen LogP contribution is -2.29. The van der Waals surface area contributed by atoms with Crippen LogP contribution in [0.25, 0.3) is 5.69 Å². The van der Waals surface area contributed by atoms with Crippen LogP contribution in [0.5, 0.6) is 11.5 Å². The van der Waals surface area contributed by atoms with Crippen molar-refractivity contribution in [3.63, 3.8) is 0 Å². The molecule has 7 heteroatoms. The van der Waals surface area contributed by atoms with E-state index in [1.54, 1.807) is 7.11 Å². The maximum absolute atomic E-state index is 6.24. The van der Waals surface area contributed by atoms with Gasteiger partial charge in [-0.1, -0.05) is 12.1 Å². The molecule has 0 unspecified atom stereocenters. The molecular formula is C32H34N4O2S. The number of hydrogen-bond acceptors (Lipinski definition) is 4. The predicted molar refractivity (Wildman–Crippen MR) is 159 cm³/mol. The largest absolute Gasteiger partial charge is 0.497 e. The molecule has 2 fully saturated rings. The number of aryl methyl sites for hydroxylation is 1. The molecule has 2 atom stereocenters. The number of ether oxygens (including phenoxy) is 2. The summed E-state index contributed by atoms with van der Waals surface area (Å²) in [7, 11) is 1.70. The van der Waals surface area contributed by atoms with Gasteiger partial charge in [0.05, 0.1) is 31.0 Å². The molecule has 3 heterocycles. The van der Waals surface area contributed by atoms with E-state index in [2.05, 4.69) is 77.2 Å². The second-order valence-corrected chi connectivity index (χ2v) is 10.8. The van der Waals surface area contributed by atoms with Crippen LogP contribution in [0, 0.1) is 13.8 Å². The fraction of sp³-hybridized carbons (Fsp3) is 0.312. The molecule has 2 aromatic heterocycles. The van der Waals surface area contributed by atoms with Crippen molar-refractivity contribution in [1.29, 1.82) is 0 Å². The van der Waals surface area contributed by atoms with E-state index in [9.17, 15) is 0 Å². The molecule has 2 aliphatic rings. The Morgan fingerprint density at radius 2 is 1.69 bits per heavy atom. The SMILES string of the molecule is COc1cccc(-n2c(C)cc([C@@H]3[C@H](c4ccccn4)NC(=S)N3c3ccc(OC4CCCC4)cc3)c2C)c1. The van der Waals surface area contributed by atoms with Crippen LogP contribution >= 0.6 is 12.2 Å². The van der Waals surface area contributed by atoms with E-state index >= 15 is 0 Å². The monoisotopic (exact) mass is 538 g/mol. The number of thiocarbonyl (C=S) groups is 1. The van der Waals surface area contributed by atoms with Crippen LogP contribution in [-0.2, 0) is 0 Å². The third kappa shape index (κ3) is 4.87. The summed E-state index contributed by atoms with van der Waals surface area (Å²) in [4.78, 5) is 6.95. The lowest BCUT2D eigenvalue weighted by Gasteiger charge is -2.28. The quantitative estimate of drug-likeness (QED) is 0.256. The molecule has 1 aliphatic carbocycles. The van der Waals surface area contributed by atoms with Crippen molar-refractivity contribution in [3.8, 4) is 17.2 Å². The van der Waals surface area contributed by atoms with Crippen molar-refractivity contribution in [2.24, 2.45) is 0 Å². The Kier molecular flexibility index (Phi) is 7.00. The summed E-state index contributed by atoms with van der Waals surface area (Å²) in [5.74, 6) is 1.75. The maximum Gasteiger partial charge on any atom is 0.174 e. The van der Waals surface area contributed by atoms with Gasteiger partial charge >= 0.3 is 0 Å². The van der Waals surface area contributed by atoms with E-state index in [1.165, 1.54) is 18.4 Å². The first-order chi connectivity index (χ1) is 19.0. The number of anilines is 1. The van der Waals surface area contributed by atoms with Gasteiger partial charge in [0.1, 0.15) is 11.5 Å². The fourth-order valence-corrected chi connectivity index (χ4v) is 6.41. The van der Waals surface area contributed by atoms with Crippen LogP contribution in [0.1, 0.15) is 60.4 Å². The molecule has 1 saturated carbocycles. The van der Waals surface area contributed by atoms with Gasteiger partial charge in [0.15, 0.2) is 5.11 Å². The average molecular weight is 539 g/mol. The van der Waals surface area contributed by atoms with Crippen LogP contribution in [0.3, 0.4) is 0 Å². The summed E-state index contributed by atoms with van der Waals surface area (Å²) in [6, 6.07) is 24.7. The molecule has 0 spiro atoms. The smallest absolute Gasteiger partial charge is 0.174 e. The highest BCUT2D eigenvalue weighted by Gasteiger charge is 2.42. The minimum Gasteiger partial charge on any atom is -0.497 e. The molecule has 39 heavy (non-hydrogen) atoms. The van der Waals surface area contributed by atoms with Gasteiger partial charge in [0.2, 0.25) is 0 Å². The lowest BCUT2D eigenvalue weighted by atomic mass is 9.96. The van der Waals surface area contributed by atoms with E-state index in [0.717, 1.165) is 52.8 Å². The van der Waals surface area contributed by atoms with Crippen LogP contribution in [-0.4, -0.2) is 27.9 Å². The fourth-order valence-electron chi connectivity index (χ4n) is 6.07. The normalized spacial score (nSPS) is 19.4. The van der Waals surface area contributed by atoms with Gasteiger partial charge in [-0.05, 0) is 112 Å². The summed E-state index contributed by atoms with van der Waals surface area (Å²) in [6.07, 6.45) is 6.95. The van der Waals surface area contributed by atoms with Gasteiger partial charge in [-0.2, -0.15) is 0 Å². The predicted octanol–water partition coefficient (Wildman–Crippen LogP) is 7.00. The van der Waals surface area contributed by atoms with Crippen molar-refractivity contribution in [3.05, 3.63) is 102 Å². The van der Waals surface area contributed by atoms with Gasteiger partial charge in [0.25, 0.3) is 0 Å². The van der Waals surface area contributed by atoms with Crippen LogP contribution in [0.15, 0.2) is 79.0 Å². The topological polar surface area (TPSA) is 51.5 Å². The number of pyridine rings is 1. The molecule has 6 nitrogen and oxygen atoms in total. The van der Waals surface area contributed by atoms with E-state index < -0.39 is 0 Å². The van der Waals surface area contributed by atoms with Gasteiger partial charge in [-0.3, -0.25) is 4.98 Å². The summed E-state index contributed by atoms with van der Waals surface area (Å²) in [5.41, 5.74) is 6.56. The van der Waals surface area contributed by atoms with Crippen molar-refractivity contribution in [2.45, 2.75) is 57.7 Å². The van der Waals surface area contributed by atoms with Gasteiger partial charge in [-0.15, -0.1) is 0 Å². The van der Waals surface area contributed by atoms with Crippen molar-refractivity contribution in [1.82, 2.24) is 14.9 Å². The molecule has 6 rings (SSSR count). The van der Waals surface area contributed by atoms with Crippen molar-refractivity contribution >= 4 is 23.0 Å². The van der Waals surface area contributed by atoms with Gasteiger partial charge < -0.3 is 24.3 Å². The van der Waals surface area contributed by atoms with Gasteiger partial charge in [-0.25, -0.2) is 0 Å². The Hall–Kier alpha value is -3.84. The second kappa shape index (κ2) is 10.7. The Labute approximate surface area is 235 Å². The third-order valence-electron chi connectivity index (χ3n) is 7.92. The number of nitrogens with zero attached hydrogens (tertiary/aromatic N) is 3. The van der Waals surface area contributed by atoms with Crippen molar-refractivity contribution < 1.29 is 9.47 Å². The maximum atomic E-state index is 6.24. The molecule has 0 radical (unpaired) electrons. The highest BCUT2D eigenvalue weighted by molar-refractivity contribution is 7.80. The Bertz CT molecular complexity index is 1460. The van der Waals surface area contributed by atoms with E-state index in [0.29, 0.717) is 11.2 Å². The van der Waals surface area contributed by atoms with Gasteiger partial charge in [0, 0.05) is 35.0 Å². The molecule has 1 saturated heterocycles. The first-order valence-electron chi connectivity index (χ1n) is 13.6. The summed E-state index contributed by atoms with van der Waals surface area (Å²) in [5, 5.41) is 4.28. The first kappa shape index (κ1) is 25.4. The summed E-state index contributed by atoms with van der Waals surface area (Å²) in [6.45, 7) is 4.32. The summed E-state index contributed by atoms with van der Waals surface area (Å²) >= 11 is 5.97. The zero-order chi connectivity index (χ0) is 26.9. The Morgan fingerprint density at radius 3 is 2.41 bits per heavy atom. The highest BCUT2D eigenvalue weighted by Crippen LogP contribution is 2.44. The number of nitrogens with one attached hydrogen (secondary N) is 1. The standard InChI is InChI=1S/C32H34N4O2S/c1-21-19-28(22(2)35(21)24-9-8-12-27(20-24)37-3)31-30(29-13-6-7-18-33-29)34-32(39)36(31)23-14-16-26(17-15-23)38-25-10-4-5-11-25/h6-9,12-20,25,30-31H,4-5,10-11H2,1-3H3,(H,34,39)/t30-,31+/m0/s1.